The molecule has 1 aliphatic rings. The van der Waals surface area contributed by atoms with Crippen LogP contribution in [0.1, 0.15) is 54.7 Å². The van der Waals surface area contributed by atoms with E-state index in [0.29, 0.717) is 27.2 Å². The van der Waals surface area contributed by atoms with Gasteiger partial charge in [0, 0.05) is 22.4 Å². The Bertz CT molecular complexity index is 1180. The minimum Gasteiger partial charge on any atom is -0.458 e. The van der Waals surface area contributed by atoms with Crippen LogP contribution in [-0.2, 0) is 24.7 Å². The molecule has 1 heterocycles. The first kappa shape index (κ1) is 30.3. The van der Waals surface area contributed by atoms with Gasteiger partial charge < -0.3 is 4.74 Å². The Hall–Kier alpha value is -1.23. The van der Waals surface area contributed by atoms with Crippen LogP contribution in [-0.4, -0.2) is 51.3 Å². The van der Waals surface area contributed by atoms with Gasteiger partial charge in [0.15, 0.2) is 0 Å². The largest absolute Gasteiger partial charge is 0.458 e. The second-order valence-electron chi connectivity index (χ2n) is 9.50. The fourth-order valence-electron chi connectivity index (χ4n) is 3.89. The van der Waals surface area contributed by atoms with Crippen LogP contribution in [0.2, 0.25) is 5.02 Å². The van der Waals surface area contributed by atoms with E-state index in [2.05, 4.69) is 19.9 Å². The van der Waals surface area contributed by atoms with E-state index >= 15 is 0 Å². The second kappa shape index (κ2) is 13.2. The molecule has 2 aromatic rings. The van der Waals surface area contributed by atoms with E-state index in [1.54, 1.807) is 6.92 Å². The molecule has 0 aliphatic carbocycles. The number of nitrogens with one attached hydrogen (secondary N) is 1. The van der Waals surface area contributed by atoms with Gasteiger partial charge in [0.05, 0.1) is 5.75 Å². The number of benzene rings is 2. The van der Waals surface area contributed by atoms with E-state index < -0.39 is 21.8 Å². The summed E-state index contributed by atoms with van der Waals surface area (Å²) in [5.41, 5.74) is 3.13. The predicted octanol–water partition coefficient (Wildman–Crippen LogP) is 3.19. The SMILES string of the molecule is CCS(=N)(=O)CC(COc1ccc(C(C)(C)c2cc(Cl)c(OCCCCl)c(C3C[I-]3)c2)cc1)OC(C)=O. The van der Waals surface area contributed by atoms with E-state index in [9.17, 15) is 9.00 Å². The summed E-state index contributed by atoms with van der Waals surface area (Å²) in [5.74, 6) is 1.63. The van der Waals surface area contributed by atoms with Crippen molar-refractivity contribution in [2.45, 2.75) is 49.6 Å². The molecule has 0 bridgehead atoms. The fraction of sp³-hybridized carbons (Fsp3) is 0.519. The molecule has 3 atom stereocenters. The van der Waals surface area contributed by atoms with E-state index in [-0.39, 0.29) is 44.7 Å². The van der Waals surface area contributed by atoms with Crippen molar-refractivity contribution >= 4 is 38.9 Å². The summed E-state index contributed by atoms with van der Waals surface area (Å²) < 4.78 is 39.1. The van der Waals surface area contributed by atoms with Gasteiger partial charge in [-0.15, -0.1) is 0 Å². The van der Waals surface area contributed by atoms with Crippen LogP contribution in [0.4, 0.5) is 0 Å². The van der Waals surface area contributed by atoms with Crippen LogP contribution in [0.25, 0.3) is 0 Å². The average Bonchev–Trinajstić information content (AvgIpc) is 3.68. The average molecular weight is 683 g/mol. The molecule has 1 saturated heterocycles. The molecule has 10 heteroatoms. The van der Waals surface area contributed by atoms with E-state index in [1.165, 1.54) is 16.9 Å². The number of alkyl halides is 3. The summed E-state index contributed by atoms with van der Waals surface area (Å²) >= 11 is 12.7. The maximum atomic E-state index is 12.2. The zero-order valence-corrected chi connectivity index (χ0v) is 26.1. The quantitative estimate of drug-likeness (QED) is 0.143. The van der Waals surface area contributed by atoms with Gasteiger partial charge in [-0.3, -0.25) is 9.57 Å². The number of hydrogen-bond acceptors (Lipinski definition) is 6. The number of carbonyl (C=O) groups is 1. The molecule has 0 radical (unpaired) electrons. The van der Waals surface area contributed by atoms with E-state index in [0.717, 1.165) is 23.3 Å². The third kappa shape index (κ3) is 8.63. The zero-order valence-electron chi connectivity index (χ0n) is 21.7. The van der Waals surface area contributed by atoms with Gasteiger partial charge in [-0.2, -0.15) is 0 Å². The number of esters is 1. The number of halogens is 3. The van der Waals surface area contributed by atoms with Gasteiger partial charge >= 0.3 is 189 Å². The Morgan fingerprint density at radius 3 is 2.46 bits per heavy atom. The molecule has 0 aromatic heterocycles. The summed E-state index contributed by atoms with van der Waals surface area (Å²) in [6.07, 6.45) is 0.0376. The van der Waals surface area contributed by atoms with Crippen LogP contribution in [0.3, 0.4) is 0 Å². The molecule has 3 unspecified atom stereocenters. The molecule has 1 N–H and O–H groups in total. The zero-order chi connectivity index (χ0) is 27.2. The van der Waals surface area contributed by atoms with Crippen molar-refractivity contribution in [3.63, 3.8) is 0 Å². The van der Waals surface area contributed by atoms with E-state index in [1.807, 2.05) is 30.3 Å². The van der Waals surface area contributed by atoms with Crippen molar-refractivity contribution in [3.05, 3.63) is 58.1 Å². The number of rotatable bonds is 14. The Kier molecular flexibility index (Phi) is 10.8. The maximum Gasteiger partial charge on any atom is 0.303 e. The minimum absolute atomic E-state index is 0.0345. The first-order valence-electron chi connectivity index (χ1n) is 12.2. The van der Waals surface area contributed by atoms with Crippen LogP contribution >= 0.6 is 23.2 Å². The number of hydrogen-bond donors (Lipinski definition) is 1. The molecular weight excluding hydrogens is 648 g/mol. The molecule has 1 fully saturated rings. The number of carbonyl (C=O) groups excluding carboxylic acids is 1. The summed E-state index contributed by atoms with van der Waals surface area (Å²) in [6.45, 7) is 7.91. The van der Waals surface area contributed by atoms with Gasteiger partial charge in [0.25, 0.3) is 0 Å². The van der Waals surface area contributed by atoms with Crippen molar-refractivity contribution in [2.24, 2.45) is 0 Å². The van der Waals surface area contributed by atoms with Crippen molar-refractivity contribution in [1.29, 1.82) is 4.78 Å². The van der Waals surface area contributed by atoms with Gasteiger partial charge in [0.2, 0.25) is 0 Å². The molecular formula is C27H35Cl2INO5S-. The topological polar surface area (TPSA) is 85.7 Å². The van der Waals surface area contributed by atoms with Gasteiger partial charge in [0.1, 0.15) is 0 Å². The van der Waals surface area contributed by atoms with Crippen molar-refractivity contribution in [3.8, 4) is 11.5 Å². The van der Waals surface area contributed by atoms with Gasteiger partial charge in [-0.1, -0.05) is 6.92 Å². The fourth-order valence-corrected chi connectivity index (χ4v) is 6.95. The summed E-state index contributed by atoms with van der Waals surface area (Å²) in [5, 5.41) is 0.639. The van der Waals surface area contributed by atoms with E-state index in [4.69, 9.17) is 42.2 Å². The molecule has 0 saturated carbocycles. The first-order chi connectivity index (χ1) is 17.5. The molecule has 0 amide bonds. The third-order valence-corrected chi connectivity index (χ3v) is 11.1. The Morgan fingerprint density at radius 2 is 1.89 bits per heavy atom. The molecule has 0 spiro atoms. The Labute approximate surface area is 241 Å². The smallest absolute Gasteiger partial charge is 0.303 e. The molecule has 2 aromatic carbocycles. The maximum absolute atomic E-state index is 12.2. The minimum atomic E-state index is -2.83. The van der Waals surface area contributed by atoms with Crippen LogP contribution in [0, 0.1) is 4.78 Å². The molecule has 37 heavy (non-hydrogen) atoms. The van der Waals surface area contributed by atoms with Crippen LogP contribution < -0.4 is 30.7 Å². The van der Waals surface area contributed by atoms with Crippen LogP contribution in [0.15, 0.2) is 36.4 Å². The predicted molar refractivity (Wildman–Crippen MR) is 146 cm³/mol. The monoisotopic (exact) mass is 682 g/mol. The molecule has 206 valence electrons. The summed E-state index contributed by atoms with van der Waals surface area (Å²) in [7, 11) is -2.83. The number of ether oxygens (including phenoxy) is 3. The summed E-state index contributed by atoms with van der Waals surface area (Å²) in [6, 6.07) is 12.0. The Balaban J connectivity index is 1.76. The van der Waals surface area contributed by atoms with Crippen LogP contribution in [0.5, 0.6) is 11.5 Å². The first-order valence-corrected chi connectivity index (χ1v) is 17.8. The van der Waals surface area contributed by atoms with Gasteiger partial charge in [-0.25, -0.2) is 4.21 Å². The molecule has 6 nitrogen and oxygen atoms in total. The Morgan fingerprint density at radius 1 is 1.22 bits per heavy atom. The second-order valence-corrected chi connectivity index (χ2v) is 16.1. The van der Waals surface area contributed by atoms with Gasteiger partial charge in [-0.05, 0) is 0 Å². The molecule has 3 rings (SSSR count). The van der Waals surface area contributed by atoms with Crippen molar-refractivity contribution in [1.82, 2.24) is 0 Å². The standard InChI is InChI=1S/C27H35Cl2INO5S/c1-5-37(31,33)17-22(36-18(2)32)16-35-21-9-7-19(8-10-21)27(3,4)20-13-23(25-15-30-25)26(24(29)14-20)34-12-6-11-28/h7-10,13-14,22,25,31H,5-6,11-12,15-17H2,1-4H3/q-1. The van der Waals surface area contributed by atoms with Crippen molar-refractivity contribution in [2.75, 3.05) is 35.0 Å². The molecule has 1 aliphatic heterocycles. The third-order valence-electron chi connectivity index (χ3n) is 6.23. The normalized spacial score (nSPS) is 17.7. The summed E-state index contributed by atoms with van der Waals surface area (Å²) in [4.78, 5) is 11.5. The van der Waals surface area contributed by atoms with Crippen molar-refractivity contribution < 1.29 is 44.4 Å².